The highest BCUT2D eigenvalue weighted by molar-refractivity contribution is 5.30. The van der Waals surface area contributed by atoms with E-state index in [0.717, 1.165) is 18.7 Å². The maximum atomic E-state index is 5.72. The van der Waals surface area contributed by atoms with Crippen molar-refractivity contribution in [3.8, 4) is 0 Å². The van der Waals surface area contributed by atoms with E-state index >= 15 is 0 Å². The molecule has 2 aromatic rings. The summed E-state index contributed by atoms with van der Waals surface area (Å²) < 4.78 is 1.95. The van der Waals surface area contributed by atoms with Crippen LogP contribution >= 0.6 is 0 Å². The van der Waals surface area contributed by atoms with E-state index in [1.54, 1.807) is 6.33 Å². The van der Waals surface area contributed by atoms with Gasteiger partial charge in [0.25, 0.3) is 0 Å². The average molecular weight is 287 g/mol. The van der Waals surface area contributed by atoms with E-state index in [9.17, 15) is 0 Å². The number of benzene rings is 1. The van der Waals surface area contributed by atoms with Crippen molar-refractivity contribution < 1.29 is 0 Å². The third kappa shape index (κ3) is 3.89. The molecular weight excluding hydrogens is 262 g/mol. The molecule has 0 aliphatic carbocycles. The van der Waals surface area contributed by atoms with Crippen molar-refractivity contribution in [1.82, 2.24) is 20.2 Å². The molecule has 0 saturated carbocycles. The van der Waals surface area contributed by atoms with Gasteiger partial charge in [-0.25, -0.2) is 9.67 Å². The van der Waals surface area contributed by atoms with Crippen LogP contribution in [-0.4, -0.2) is 20.8 Å². The number of hydrazine groups is 1. The molecule has 5 nitrogen and oxygen atoms in total. The fourth-order valence-electron chi connectivity index (χ4n) is 2.48. The fourth-order valence-corrected chi connectivity index (χ4v) is 2.48. The molecular formula is C16H25N5. The summed E-state index contributed by atoms with van der Waals surface area (Å²) in [4.78, 5) is 4.35. The van der Waals surface area contributed by atoms with Gasteiger partial charge >= 0.3 is 0 Å². The Balaban J connectivity index is 2.09. The zero-order valence-electron chi connectivity index (χ0n) is 13.3. The molecule has 0 spiro atoms. The van der Waals surface area contributed by atoms with E-state index in [1.807, 2.05) is 4.68 Å². The van der Waals surface area contributed by atoms with Gasteiger partial charge in [-0.3, -0.25) is 11.3 Å². The minimum absolute atomic E-state index is 0.147. The van der Waals surface area contributed by atoms with Crippen molar-refractivity contribution in [1.29, 1.82) is 0 Å². The van der Waals surface area contributed by atoms with E-state index in [-0.39, 0.29) is 6.04 Å². The van der Waals surface area contributed by atoms with Gasteiger partial charge in [0, 0.05) is 18.5 Å². The van der Waals surface area contributed by atoms with Crippen molar-refractivity contribution in [3.63, 3.8) is 0 Å². The van der Waals surface area contributed by atoms with Crippen LogP contribution in [0.25, 0.3) is 0 Å². The molecule has 0 bridgehead atoms. The molecule has 0 saturated heterocycles. The molecule has 1 heterocycles. The highest BCUT2D eigenvalue weighted by Gasteiger charge is 2.15. The van der Waals surface area contributed by atoms with Gasteiger partial charge in [-0.05, 0) is 50.8 Å². The minimum atomic E-state index is 0.147. The summed E-state index contributed by atoms with van der Waals surface area (Å²) in [5.74, 6) is 6.69. The van der Waals surface area contributed by atoms with Crippen LogP contribution in [0, 0.1) is 13.8 Å². The number of nitrogens with one attached hydrogen (secondary N) is 1. The van der Waals surface area contributed by atoms with Gasteiger partial charge in [-0.15, -0.1) is 0 Å². The molecule has 0 fully saturated rings. The molecule has 114 valence electrons. The first-order chi connectivity index (χ1) is 10.0. The molecule has 0 radical (unpaired) electrons. The fraction of sp³-hybridized carbons (Fsp3) is 0.500. The molecule has 0 aliphatic heterocycles. The average Bonchev–Trinajstić information content (AvgIpc) is 2.90. The normalized spacial score (nSPS) is 12.9. The molecule has 1 aromatic carbocycles. The third-order valence-electron chi connectivity index (χ3n) is 3.85. The molecule has 2 rings (SSSR count). The Labute approximate surface area is 126 Å². The van der Waals surface area contributed by atoms with E-state index in [0.29, 0.717) is 6.04 Å². The first kappa shape index (κ1) is 15.7. The standard InChI is InChI=1S/C16H25N5/c1-11(2)21-16(18-10-19-21)9-15(20-17)8-14-6-5-12(3)13(4)7-14/h5-7,10-11,15,20H,8-9,17H2,1-4H3. The van der Waals surface area contributed by atoms with Crippen molar-refractivity contribution in [2.45, 2.75) is 52.6 Å². The summed E-state index contributed by atoms with van der Waals surface area (Å²) in [5.41, 5.74) is 6.83. The Morgan fingerprint density at radius 1 is 1.19 bits per heavy atom. The first-order valence-corrected chi connectivity index (χ1v) is 7.42. The molecule has 5 heteroatoms. The Bertz CT molecular complexity index is 588. The summed E-state index contributed by atoms with van der Waals surface area (Å²) in [7, 11) is 0. The predicted molar refractivity (Wildman–Crippen MR) is 84.8 cm³/mol. The lowest BCUT2D eigenvalue weighted by atomic mass is 9.99. The first-order valence-electron chi connectivity index (χ1n) is 7.42. The van der Waals surface area contributed by atoms with Gasteiger partial charge in [0.2, 0.25) is 0 Å². The van der Waals surface area contributed by atoms with Crippen LogP contribution in [0.5, 0.6) is 0 Å². The van der Waals surface area contributed by atoms with Gasteiger partial charge in [0.15, 0.2) is 0 Å². The maximum Gasteiger partial charge on any atom is 0.138 e. The molecule has 1 atom stereocenters. The quantitative estimate of drug-likeness (QED) is 0.630. The van der Waals surface area contributed by atoms with E-state index in [4.69, 9.17) is 5.84 Å². The Kier molecular flexibility index (Phi) is 5.09. The monoisotopic (exact) mass is 287 g/mol. The molecule has 21 heavy (non-hydrogen) atoms. The van der Waals surface area contributed by atoms with Crippen LogP contribution in [0.2, 0.25) is 0 Å². The molecule has 0 amide bonds. The van der Waals surface area contributed by atoms with Gasteiger partial charge < -0.3 is 0 Å². The van der Waals surface area contributed by atoms with Crippen molar-refractivity contribution in [2.75, 3.05) is 0 Å². The van der Waals surface area contributed by atoms with Crippen LogP contribution in [0.1, 0.15) is 42.4 Å². The lowest BCUT2D eigenvalue weighted by Gasteiger charge is -2.17. The second kappa shape index (κ2) is 6.83. The zero-order chi connectivity index (χ0) is 15.4. The number of aromatic nitrogens is 3. The summed E-state index contributed by atoms with van der Waals surface area (Å²) in [6.07, 6.45) is 3.25. The Morgan fingerprint density at radius 2 is 1.95 bits per heavy atom. The Morgan fingerprint density at radius 3 is 2.57 bits per heavy atom. The highest BCUT2D eigenvalue weighted by atomic mass is 15.3. The van der Waals surface area contributed by atoms with Crippen molar-refractivity contribution in [2.24, 2.45) is 5.84 Å². The van der Waals surface area contributed by atoms with Gasteiger partial charge in [0.05, 0.1) is 0 Å². The van der Waals surface area contributed by atoms with Crippen LogP contribution in [0.3, 0.4) is 0 Å². The number of hydrogen-bond acceptors (Lipinski definition) is 4. The van der Waals surface area contributed by atoms with E-state index in [2.05, 4.69) is 61.4 Å². The second-order valence-corrected chi connectivity index (χ2v) is 5.91. The molecule has 1 aromatic heterocycles. The minimum Gasteiger partial charge on any atom is -0.271 e. The Hall–Kier alpha value is -1.72. The summed E-state index contributed by atoms with van der Waals surface area (Å²) >= 11 is 0. The van der Waals surface area contributed by atoms with E-state index < -0.39 is 0 Å². The predicted octanol–water partition coefficient (Wildman–Crippen LogP) is 2.09. The summed E-state index contributed by atoms with van der Waals surface area (Å²) in [6.45, 7) is 8.47. The largest absolute Gasteiger partial charge is 0.271 e. The number of hydrogen-bond donors (Lipinski definition) is 2. The summed E-state index contributed by atoms with van der Waals surface area (Å²) in [5, 5.41) is 4.27. The SMILES string of the molecule is Cc1ccc(CC(Cc2ncnn2C(C)C)NN)cc1C. The van der Waals surface area contributed by atoms with Crippen molar-refractivity contribution in [3.05, 3.63) is 47.0 Å². The zero-order valence-corrected chi connectivity index (χ0v) is 13.3. The van der Waals surface area contributed by atoms with Crippen molar-refractivity contribution >= 4 is 0 Å². The lowest BCUT2D eigenvalue weighted by Crippen LogP contribution is -2.39. The van der Waals surface area contributed by atoms with Gasteiger partial charge in [0.1, 0.15) is 12.2 Å². The van der Waals surface area contributed by atoms with Crippen LogP contribution < -0.4 is 11.3 Å². The smallest absolute Gasteiger partial charge is 0.138 e. The number of aryl methyl sites for hydroxylation is 2. The van der Waals surface area contributed by atoms with Crippen LogP contribution in [-0.2, 0) is 12.8 Å². The topological polar surface area (TPSA) is 68.8 Å². The van der Waals surface area contributed by atoms with Crippen LogP contribution in [0.4, 0.5) is 0 Å². The molecule has 0 aliphatic rings. The number of nitrogens with zero attached hydrogens (tertiary/aromatic N) is 3. The van der Waals surface area contributed by atoms with E-state index in [1.165, 1.54) is 16.7 Å². The third-order valence-corrected chi connectivity index (χ3v) is 3.85. The van der Waals surface area contributed by atoms with Crippen LogP contribution in [0.15, 0.2) is 24.5 Å². The number of nitrogens with two attached hydrogens (primary N) is 1. The maximum absolute atomic E-state index is 5.72. The summed E-state index contributed by atoms with van der Waals surface area (Å²) in [6, 6.07) is 7.01. The number of rotatable bonds is 6. The second-order valence-electron chi connectivity index (χ2n) is 5.91. The van der Waals surface area contributed by atoms with Gasteiger partial charge in [-0.2, -0.15) is 5.10 Å². The highest BCUT2D eigenvalue weighted by Crippen LogP contribution is 2.14. The van der Waals surface area contributed by atoms with Gasteiger partial charge in [-0.1, -0.05) is 18.2 Å². The molecule has 3 N–H and O–H groups in total. The lowest BCUT2D eigenvalue weighted by molar-refractivity contribution is 0.459. The molecule has 1 unspecified atom stereocenters.